The lowest BCUT2D eigenvalue weighted by molar-refractivity contribution is -0.137. The van der Waals surface area contributed by atoms with Gasteiger partial charge in [-0.25, -0.2) is 4.98 Å². The standard InChI is InChI=1S/C21H23F3N6O/c1-2-18(31)30-7-3-4-16(12-30)27-19-17(21(22,23)24)11-26-20(29-19)28-15-6-5-13-9-25-10-14(13)8-15/h2,5-6,8,11,16,25H,1,3-4,7,9-10,12H2,(H2,26,27,28,29). The van der Waals surface area contributed by atoms with Crippen LogP contribution >= 0.6 is 0 Å². The van der Waals surface area contributed by atoms with Crippen LogP contribution < -0.4 is 16.0 Å². The molecule has 3 heterocycles. The van der Waals surface area contributed by atoms with Gasteiger partial charge in [0.05, 0.1) is 0 Å². The SMILES string of the molecule is C=CC(=O)N1CCCC(Nc2nc(Nc3ccc4c(c3)CNC4)ncc2C(F)(F)F)C1. The van der Waals surface area contributed by atoms with Crippen molar-refractivity contribution in [3.63, 3.8) is 0 Å². The molecule has 4 rings (SSSR count). The van der Waals surface area contributed by atoms with Crippen molar-refractivity contribution in [1.29, 1.82) is 0 Å². The van der Waals surface area contributed by atoms with E-state index in [4.69, 9.17) is 0 Å². The van der Waals surface area contributed by atoms with Crippen LogP contribution in [-0.2, 0) is 24.1 Å². The maximum atomic E-state index is 13.5. The Kier molecular flexibility index (Phi) is 5.81. The molecule has 31 heavy (non-hydrogen) atoms. The lowest BCUT2D eigenvalue weighted by atomic mass is 10.1. The molecular formula is C21H23F3N6O. The maximum absolute atomic E-state index is 13.5. The Morgan fingerprint density at radius 1 is 1.29 bits per heavy atom. The summed E-state index contributed by atoms with van der Waals surface area (Å²) in [6, 6.07) is 5.39. The van der Waals surface area contributed by atoms with Crippen LogP contribution in [-0.4, -0.2) is 39.9 Å². The molecule has 3 N–H and O–H groups in total. The number of fused-ring (bicyclic) bond motifs is 1. The van der Waals surface area contributed by atoms with E-state index in [-0.39, 0.29) is 30.3 Å². The van der Waals surface area contributed by atoms with Gasteiger partial charge in [-0.1, -0.05) is 12.6 Å². The highest BCUT2D eigenvalue weighted by Gasteiger charge is 2.36. The second-order valence-corrected chi connectivity index (χ2v) is 7.64. The molecule has 1 aromatic heterocycles. The molecule has 0 radical (unpaired) electrons. The van der Waals surface area contributed by atoms with Crippen LogP contribution in [0, 0.1) is 0 Å². The molecular weight excluding hydrogens is 409 g/mol. The number of anilines is 3. The van der Waals surface area contributed by atoms with E-state index in [1.807, 2.05) is 18.2 Å². The Bertz CT molecular complexity index is 994. The van der Waals surface area contributed by atoms with Crippen molar-refractivity contribution in [2.75, 3.05) is 23.7 Å². The smallest absolute Gasteiger partial charge is 0.365 e. The Hall–Kier alpha value is -3.14. The van der Waals surface area contributed by atoms with Gasteiger partial charge in [0.25, 0.3) is 0 Å². The normalized spacial score (nSPS) is 18.4. The third kappa shape index (κ3) is 4.79. The number of carbonyl (C=O) groups excluding carboxylic acids is 1. The van der Waals surface area contributed by atoms with Crippen molar-refractivity contribution in [3.8, 4) is 0 Å². The second-order valence-electron chi connectivity index (χ2n) is 7.64. The number of aromatic nitrogens is 2. The highest BCUT2D eigenvalue weighted by atomic mass is 19.4. The molecule has 2 aliphatic rings. The summed E-state index contributed by atoms with van der Waals surface area (Å²) in [6.07, 6.45) is -1.31. The lowest BCUT2D eigenvalue weighted by Gasteiger charge is -2.33. The van der Waals surface area contributed by atoms with Gasteiger partial charge in [-0.3, -0.25) is 4.79 Å². The number of hydrogen-bond acceptors (Lipinski definition) is 6. The van der Waals surface area contributed by atoms with E-state index >= 15 is 0 Å². The molecule has 0 bridgehead atoms. The monoisotopic (exact) mass is 432 g/mol. The summed E-state index contributed by atoms with van der Waals surface area (Å²) in [5.41, 5.74) is 2.08. The topological polar surface area (TPSA) is 82.2 Å². The zero-order valence-electron chi connectivity index (χ0n) is 16.8. The summed E-state index contributed by atoms with van der Waals surface area (Å²) in [6.45, 7) is 5.85. The maximum Gasteiger partial charge on any atom is 0.421 e. The first-order valence-corrected chi connectivity index (χ1v) is 10.0. The van der Waals surface area contributed by atoms with Crippen LogP contribution in [0.25, 0.3) is 0 Å². The number of carbonyl (C=O) groups is 1. The third-order valence-corrected chi connectivity index (χ3v) is 5.44. The highest BCUT2D eigenvalue weighted by Crippen LogP contribution is 2.35. The highest BCUT2D eigenvalue weighted by molar-refractivity contribution is 5.87. The summed E-state index contributed by atoms with van der Waals surface area (Å²) < 4.78 is 40.6. The molecule has 0 saturated carbocycles. The number of nitrogens with zero attached hydrogens (tertiary/aromatic N) is 3. The minimum absolute atomic E-state index is 0.0660. The molecule has 1 fully saturated rings. The van der Waals surface area contributed by atoms with E-state index in [0.717, 1.165) is 24.8 Å². The van der Waals surface area contributed by atoms with E-state index in [2.05, 4.69) is 32.5 Å². The molecule has 7 nitrogen and oxygen atoms in total. The fourth-order valence-electron chi connectivity index (χ4n) is 3.88. The molecule has 0 spiro atoms. The number of hydrogen-bond donors (Lipinski definition) is 3. The number of likely N-dealkylation sites (tertiary alicyclic amines) is 1. The fourth-order valence-corrected chi connectivity index (χ4v) is 3.88. The second kappa shape index (κ2) is 8.54. The van der Waals surface area contributed by atoms with Gasteiger partial charge in [0.15, 0.2) is 0 Å². The van der Waals surface area contributed by atoms with Gasteiger partial charge in [0.1, 0.15) is 11.4 Å². The van der Waals surface area contributed by atoms with Crippen molar-refractivity contribution < 1.29 is 18.0 Å². The van der Waals surface area contributed by atoms with Gasteiger partial charge in [0.2, 0.25) is 11.9 Å². The van der Waals surface area contributed by atoms with E-state index in [0.29, 0.717) is 25.1 Å². The number of rotatable bonds is 5. The number of halogens is 3. The number of benzene rings is 1. The van der Waals surface area contributed by atoms with Crippen molar-refractivity contribution in [3.05, 3.63) is 53.7 Å². The molecule has 2 aliphatic heterocycles. The minimum Gasteiger partial charge on any atom is -0.365 e. The average Bonchev–Trinajstić information content (AvgIpc) is 3.20. The molecule has 1 unspecified atom stereocenters. The van der Waals surface area contributed by atoms with E-state index in [1.54, 1.807) is 4.90 Å². The predicted molar refractivity (Wildman–Crippen MR) is 111 cm³/mol. The zero-order valence-corrected chi connectivity index (χ0v) is 16.8. The molecule has 1 amide bonds. The molecule has 164 valence electrons. The van der Waals surface area contributed by atoms with Crippen molar-refractivity contribution >= 4 is 23.4 Å². The lowest BCUT2D eigenvalue weighted by Crippen LogP contribution is -2.44. The van der Waals surface area contributed by atoms with Crippen LogP contribution in [0.1, 0.15) is 29.5 Å². The van der Waals surface area contributed by atoms with Crippen LogP contribution in [0.5, 0.6) is 0 Å². The Balaban J connectivity index is 1.56. The minimum atomic E-state index is -4.61. The van der Waals surface area contributed by atoms with Gasteiger partial charge in [0, 0.05) is 44.1 Å². The first kappa shape index (κ1) is 21.1. The largest absolute Gasteiger partial charge is 0.421 e. The van der Waals surface area contributed by atoms with Crippen LogP contribution in [0.4, 0.5) is 30.6 Å². The van der Waals surface area contributed by atoms with Crippen LogP contribution in [0.2, 0.25) is 0 Å². The Labute approximate surface area is 177 Å². The fraction of sp³-hybridized carbons (Fsp3) is 0.381. The summed E-state index contributed by atoms with van der Waals surface area (Å²) in [5.74, 6) is -0.472. The molecule has 10 heteroatoms. The summed E-state index contributed by atoms with van der Waals surface area (Å²) >= 11 is 0. The first-order chi connectivity index (χ1) is 14.8. The van der Waals surface area contributed by atoms with Gasteiger partial charge >= 0.3 is 6.18 Å². The van der Waals surface area contributed by atoms with Gasteiger partial charge in [-0.2, -0.15) is 18.2 Å². The molecule has 0 aliphatic carbocycles. The molecule has 1 aromatic carbocycles. The summed E-state index contributed by atoms with van der Waals surface area (Å²) in [4.78, 5) is 21.4. The number of alkyl halides is 3. The van der Waals surface area contributed by atoms with Gasteiger partial charge < -0.3 is 20.9 Å². The Morgan fingerprint density at radius 2 is 2.10 bits per heavy atom. The number of piperidine rings is 1. The summed E-state index contributed by atoms with van der Waals surface area (Å²) in [5, 5.41) is 9.12. The predicted octanol–water partition coefficient (Wildman–Crippen LogP) is 3.43. The van der Waals surface area contributed by atoms with Crippen molar-refractivity contribution in [1.82, 2.24) is 20.2 Å². The number of amides is 1. The average molecular weight is 432 g/mol. The van der Waals surface area contributed by atoms with E-state index in [9.17, 15) is 18.0 Å². The zero-order chi connectivity index (χ0) is 22.0. The molecule has 1 saturated heterocycles. The quantitative estimate of drug-likeness (QED) is 0.628. The van der Waals surface area contributed by atoms with E-state index < -0.39 is 11.7 Å². The third-order valence-electron chi connectivity index (χ3n) is 5.44. The first-order valence-electron chi connectivity index (χ1n) is 10.0. The van der Waals surface area contributed by atoms with E-state index in [1.165, 1.54) is 11.6 Å². The van der Waals surface area contributed by atoms with Crippen LogP contribution in [0.15, 0.2) is 37.1 Å². The Morgan fingerprint density at radius 3 is 2.87 bits per heavy atom. The number of nitrogens with one attached hydrogen (secondary N) is 3. The van der Waals surface area contributed by atoms with Gasteiger partial charge in [-0.05, 0) is 42.2 Å². The molecule has 2 aromatic rings. The molecule has 1 atom stereocenters. The van der Waals surface area contributed by atoms with Crippen molar-refractivity contribution in [2.45, 2.75) is 38.1 Å². The summed E-state index contributed by atoms with van der Waals surface area (Å²) in [7, 11) is 0. The van der Waals surface area contributed by atoms with Gasteiger partial charge in [-0.15, -0.1) is 0 Å². The van der Waals surface area contributed by atoms with Crippen molar-refractivity contribution in [2.24, 2.45) is 0 Å². The van der Waals surface area contributed by atoms with Crippen LogP contribution in [0.3, 0.4) is 0 Å².